The number of likely N-dealkylation sites (tertiary alicyclic amines) is 1. The largest absolute Gasteiger partial charge is 0.361 e. The normalized spacial score (nSPS) is 19.4. The summed E-state index contributed by atoms with van der Waals surface area (Å²) in [7, 11) is 0. The number of hydrogen-bond acceptors (Lipinski definition) is 5. The molecular formula is C38H59N5O3. The van der Waals surface area contributed by atoms with E-state index in [9.17, 15) is 14.8 Å². The summed E-state index contributed by atoms with van der Waals surface area (Å²) in [6.45, 7) is 14.2. The van der Waals surface area contributed by atoms with Gasteiger partial charge < -0.3 is 25.7 Å². The van der Waals surface area contributed by atoms with Crippen LogP contribution in [0.2, 0.25) is 0 Å². The van der Waals surface area contributed by atoms with Gasteiger partial charge in [-0.15, -0.1) is 0 Å². The smallest absolute Gasteiger partial charge is 0.209 e. The molecule has 3 fully saturated rings. The Kier molecular flexibility index (Phi) is 16.3. The minimum atomic E-state index is 0.136. The van der Waals surface area contributed by atoms with Crippen LogP contribution in [-0.4, -0.2) is 78.3 Å². The Bertz CT molecular complexity index is 1260. The zero-order valence-electron chi connectivity index (χ0n) is 28.8. The van der Waals surface area contributed by atoms with Crippen molar-refractivity contribution in [3.63, 3.8) is 0 Å². The molecule has 0 unspecified atom stereocenters. The van der Waals surface area contributed by atoms with Crippen LogP contribution in [0.5, 0.6) is 0 Å². The van der Waals surface area contributed by atoms with E-state index in [2.05, 4.69) is 58.9 Å². The van der Waals surface area contributed by atoms with E-state index in [0.717, 1.165) is 57.4 Å². The molecule has 2 atom stereocenters. The zero-order chi connectivity index (χ0) is 33.2. The number of amides is 2. The number of hydrogen-bond donors (Lipinski definition) is 4. The van der Waals surface area contributed by atoms with E-state index in [-0.39, 0.29) is 6.04 Å². The first-order valence-electron chi connectivity index (χ1n) is 17.7. The standard InChI is InChI=1S/C13H16N2O.C13H17NO.C5H9NO.C5H11N.C2H6/c1-9(10(2)15-8-16)12-7-14-13-6-4-3-5-11(12)13;15-14-9-7-13(8-10-14)6-5-11-3-1-2-4-12(11)13;7-5-6-3-1-2-4-6;1-2-4-6-5-3-1;1-2/h3-10,14H,1-2H3,(H,15,16);1-4,15H,5-10H2;5H,1-4H2;6H,1-5H2;1-2H3/t9-,10-;;;;/m0..../s1. The van der Waals surface area contributed by atoms with Gasteiger partial charge in [0.1, 0.15) is 0 Å². The minimum absolute atomic E-state index is 0.136. The number of fused-ring (bicyclic) bond motifs is 3. The molecule has 4 aliphatic rings. The molecule has 1 spiro atoms. The lowest BCUT2D eigenvalue weighted by atomic mass is 9.74. The summed E-state index contributed by atoms with van der Waals surface area (Å²) in [4.78, 5) is 25.4. The van der Waals surface area contributed by atoms with Crippen molar-refractivity contribution < 1.29 is 14.8 Å². The number of aromatic amines is 1. The van der Waals surface area contributed by atoms with Crippen LogP contribution in [0.1, 0.15) is 102 Å². The van der Waals surface area contributed by atoms with E-state index in [1.165, 1.54) is 79.6 Å². The SMILES string of the molecule is C1CCNCC1.CC.C[C@H](NC=O)[C@H](C)c1c[nH]c2ccccc12.O=CN1CCCC1.ON1CCC2(CCc3ccccc32)CC1. The van der Waals surface area contributed by atoms with Crippen molar-refractivity contribution in [3.05, 3.63) is 71.4 Å². The second-order valence-electron chi connectivity index (χ2n) is 12.7. The number of aryl methyl sites for hydroxylation is 1. The third-order valence-electron chi connectivity index (χ3n) is 9.85. The van der Waals surface area contributed by atoms with E-state index in [4.69, 9.17) is 0 Å². The number of nitrogens with one attached hydrogen (secondary N) is 3. The lowest BCUT2D eigenvalue weighted by Gasteiger charge is -2.37. The molecule has 46 heavy (non-hydrogen) atoms. The maximum atomic E-state index is 10.4. The summed E-state index contributed by atoms with van der Waals surface area (Å²) >= 11 is 0. The summed E-state index contributed by atoms with van der Waals surface area (Å²) in [6.07, 6.45) is 15.0. The number of carbonyl (C=O) groups is 2. The molecular weight excluding hydrogens is 574 g/mol. The zero-order valence-corrected chi connectivity index (χ0v) is 28.8. The van der Waals surface area contributed by atoms with Crippen molar-refractivity contribution >= 4 is 23.7 Å². The van der Waals surface area contributed by atoms with Gasteiger partial charge >= 0.3 is 0 Å². The highest BCUT2D eigenvalue weighted by molar-refractivity contribution is 5.83. The second-order valence-corrected chi connectivity index (χ2v) is 12.7. The Hall–Kier alpha value is -3.20. The van der Waals surface area contributed by atoms with Crippen LogP contribution in [0.4, 0.5) is 0 Å². The number of rotatable bonds is 5. The van der Waals surface area contributed by atoms with E-state index in [1.807, 2.05) is 39.1 Å². The summed E-state index contributed by atoms with van der Waals surface area (Å²) in [5.74, 6) is 0.293. The van der Waals surface area contributed by atoms with Gasteiger partial charge in [-0.05, 0) is 99.6 Å². The van der Waals surface area contributed by atoms with Crippen LogP contribution in [0, 0.1) is 0 Å². The Balaban J connectivity index is 0.000000176. The fraction of sp³-hybridized carbons (Fsp3) is 0.579. The van der Waals surface area contributed by atoms with E-state index in [0.29, 0.717) is 11.3 Å². The minimum Gasteiger partial charge on any atom is -0.361 e. The maximum absolute atomic E-state index is 10.4. The van der Waals surface area contributed by atoms with Crippen molar-refractivity contribution in [1.29, 1.82) is 0 Å². The Labute approximate surface area is 277 Å². The fourth-order valence-corrected chi connectivity index (χ4v) is 6.85. The third kappa shape index (κ3) is 10.7. The number of carbonyl (C=O) groups excluding carboxylic acids is 2. The molecule has 4 heterocycles. The van der Waals surface area contributed by atoms with Crippen molar-refractivity contribution in [3.8, 4) is 0 Å². The van der Waals surface area contributed by atoms with Crippen molar-refractivity contribution in [1.82, 2.24) is 25.6 Å². The van der Waals surface area contributed by atoms with Gasteiger partial charge in [0.2, 0.25) is 12.8 Å². The van der Waals surface area contributed by atoms with Gasteiger partial charge in [-0.1, -0.05) is 69.7 Å². The van der Waals surface area contributed by atoms with Crippen LogP contribution in [-0.2, 0) is 21.4 Å². The molecule has 8 nitrogen and oxygen atoms in total. The lowest BCUT2D eigenvalue weighted by Crippen LogP contribution is -2.39. The predicted molar refractivity (Wildman–Crippen MR) is 189 cm³/mol. The molecule has 1 aromatic heterocycles. The van der Waals surface area contributed by atoms with E-state index in [1.54, 1.807) is 10.5 Å². The van der Waals surface area contributed by atoms with Crippen molar-refractivity contribution in [2.24, 2.45) is 0 Å². The highest BCUT2D eigenvalue weighted by Crippen LogP contribution is 2.45. The van der Waals surface area contributed by atoms with Crippen molar-refractivity contribution in [2.75, 3.05) is 39.3 Å². The average Bonchev–Trinajstić information content (AvgIpc) is 3.89. The molecule has 3 saturated heterocycles. The van der Waals surface area contributed by atoms with Crippen LogP contribution in [0.25, 0.3) is 10.9 Å². The van der Waals surface area contributed by atoms with Gasteiger partial charge in [0.05, 0.1) is 0 Å². The Morgan fingerprint density at radius 3 is 2.09 bits per heavy atom. The molecule has 0 radical (unpaired) electrons. The molecule has 3 aliphatic heterocycles. The molecule has 7 rings (SSSR count). The van der Waals surface area contributed by atoms with Crippen LogP contribution in [0.15, 0.2) is 54.7 Å². The summed E-state index contributed by atoms with van der Waals surface area (Å²) < 4.78 is 0. The number of benzene rings is 2. The topological polar surface area (TPSA) is 101 Å². The van der Waals surface area contributed by atoms with Gasteiger partial charge in [0.25, 0.3) is 0 Å². The summed E-state index contributed by atoms with van der Waals surface area (Å²) in [5, 5.41) is 18.2. The second kappa shape index (κ2) is 20.1. The fourth-order valence-electron chi connectivity index (χ4n) is 6.85. The summed E-state index contributed by atoms with van der Waals surface area (Å²) in [5.41, 5.74) is 5.86. The first-order chi connectivity index (χ1) is 22.5. The highest BCUT2D eigenvalue weighted by Gasteiger charge is 2.40. The van der Waals surface area contributed by atoms with Crippen LogP contribution < -0.4 is 10.6 Å². The molecule has 4 N–H and O–H groups in total. The molecule has 0 saturated carbocycles. The first kappa shape index (κ1) is 37.3. The molecule has 254 valence electrons. The molecule has 2 aromatic carbocycles. The number of aromatic nitrogens is 1. The van der Waals surface area contributed by atoms with Gasteiger partial charge in [-0.3, -0.25) is 9.59 Å². The van der Waals surface area contributed by atoms with Crippen molar-refractivity contribution in [2.45, 2.75) is 103 Å². The predicted octanol–water partition coefficient (Wildman–Crippen LogP) is 6.79. The first-order valence-corrected chi connectivity index (χ1v) is 17.7. The molecule has 1 aliphatic carbocycles. The number of piperidine rings is 2. The van der Waals surface area contributed by atoms with E-state index >= 15 is 0 Å². The molecule has 2 amide bonds. The number of hydroxylamine groups is 2. The molecule has 8 heteroatoms. The Morgan fingerprint density at radius 2 is 1.50 bits per heavy atom. The molecule has 0 bridgehead atoms. The highest BCUT2D eigenvalue weighted by atomic mass is 16.5. The third-order valence-corrected chi connectivity index (χ3v) is 9.85. The van der Waals surface area contributed by atoms with E-state index < -0.39 is 0 Å². The average molecular weight is 634 g/mol. The van der Waals surface area contributed by atoms with Gasteiger partial charge in [0, 0.05) is 55.2 Å². The molecule has 3 aromatic rings. The van der Waals surface area contributed by atoms with Gasteiger partial charge in [0.15, 0.2) is 0 Å². The number of para-hydroxylation sites is 1. The number of H-pyrrole nitrogens is 1. The Morgan fingerprint density at radius 1 is 0.848 bits per heavy atom. The van der Waals surface area contributed by atoms with Crippen LogP contribution in [0.3, 0.4) is 0 Å². The summed E-state index contributed by atoms with van der Waals surface area (Å²) in [6, 6.07) is 17.2. The quantitative estimate of drug-likeness (QED) is 0.232. The van der Waals surface area contributed by atoms with Gasteiger partial charge in [-0.2, -0.15) is 5.06 Å². The van der Waals surface area contributed by atoms with Gasteiger partial charge in [-0.25, -0.2) is 0 Å². The number of nitrogens with zero attached hydrogens (tertiary/aromatic N) is 2. The maximum Gasteiger partial charge on any atom is 0.209 e. The van der Waals surface area contributed by atoms with Crippen LogP contribution >= 0.6 is 0 Å². The monoisotopic (exact) mass is 633 g/mol. The lowest BCUT2D eigenvalue weighted by molar-refractivity contribution is -0.117.